The van der Waals surface area contributed by atoms with Crippen molar-refractivity contribution in [2.45, 2.75) is 12.8 Å². The smallest absolute Gasteiger partial charge is 0.236 e. The quantitative estimate of drug-likeness (QED) is 0.786. The number of carbonyl (C=O) groups excluding carboxylic acids is 1. The van der Waals surface area contributed by atoms with Gasteiger partial charge in [-0.05, 0) is 30.2 Å². The first kappa shape index (κ1) is 15.0. The molecule has 0 aliphatic carbocycles. The van der Waals surface area contributed by atoms with Gasteiger partial charge in [-0.25, -0.2) is 0 Å². The lowest BCUT2D eigenvalue weighted by Gasteiger charge is -2.18. The van der Waals surface area contributed by atoms with Crippen LogP contribution in [0.1, 0.15) is 22.7 Å². The van der Waals surface area contributed by atoms with Crippen molar-refractivity contribution in [3.63, 3.8) is 0 Å². The van der Waals surface area contributed by atoms with Crippen molar-refractivity contribution in [1.82, 2.24) is 4.98 Å². The Kier molecular flexibility index (Phi) is 4.48. The van der Waals surface area contributed by atoms with Crippen molar-refractivity contribution in [3.05, 3.63) is 95.8 Å². The summed E-state index contributed by atoms with van der Waals surface area (Å²) in [7, 11) is 0. The van der Waals surface area contributed by atoms with E-state index >= 15 is 0 Å². The Balaban J connectivity index is 1.92. The summed E-state index contributed by atoms with van der Waals surface area (Å²) in [5, 5.41) is 2.96. The van der Waals surface area contributed by atoms with Gasteiger partial charge in [-0.2, -0.15) is 0 Å². The predicted octanol–water partition coefficient (Wildman–Crippen LogP) is 4.16. The van der Waals surface area contributed by atoms with Crippen LogP contribution >= 0.6 is 0 Å². The van der Waals surface area contributed by atoms with Crippen LogP contribution in [0.4, 0.5) is 5.69 Å². The fourth-order valence-electron chi connectivity index (χ4n) is 2.54. The van der Waals surface area contributed by atoms with Gasteiger partial charge in [0.2, 0.25) is 5.91 Å². The van der Waals surface area contributed by atoms with Gasteiger partial charge in [-0.1, -0.05) is 60.7 Å². The molecule has 0 bridgehead atoms. The van der Waals surface area contributed by atoms with Crippen LogP contribution in [-0.4, -0.2) is 10.9 Å². The van der Waals surface area contributed by atoms with Crippen molar-refractivity contribution in [1.29, 1.82) is 0 Å². The Hall–Kier alpha value is -2.94. The molecule has 1 amide bonds. The third-order valence-corrected chi connectivity index (χ3v) is 3.71. The molecular formula is C20H18N2O. The van der Waals surface area contributed by atoms with Crippen molar-refractivity contribution >= 4 is 11.6 Å². The highest BCUT2D eigenvalue weighted by atomic mass is 16.1. The normalized spacial score (nSPS) is 10.5. The van der Waals surface area contributed by atoms with Gasteiger partial charge in [0, 0.05) is 5.69 Å². The Bertz CT molecular complexity index is 728. The number of anilines is 1. The van der Waals surface area contributed by atoms with Gasteiger partial charge in [0.25, 0.3) is 0 Å². The molecule has 0 saturated carbocycles. The molecule has 0 atom stereocenters. The summed E-state index contributed by atoms with van der Waals surface area (Å²) in [6, 6.07) is 23.4. The van der Waals surface area contributed by atoms with Crippen LogP contribution in [0.2, 0.25) is 0 Å². The van der Waals surface area contributed by atoms with Crippen molar-refractivity contribution < 1.29 is 4.79 Å². The molecule has 0 spiro atoms. The van der Waals surface area contributed by atoms with Crippen LogP contribution in [0, 0.1) is 6.92 Å². The van der Waals surface area contributed by atoms with Gasteiger partial charge in [0.1, 0.15) is 0 Å². The fraction of sp³-hybridized carbons (Fsp3) is 0.100. The van der Waals surface area contributed by atoms with E-state index in [1.54, 1.807) is 6.20 Å². The van der Waals surface area contributed by atoms with E-state index in [1.165, 1.54) is 0 Å². The maximum absolute atomic E-state index is 12.9. The van der Waals surface area contributed by atoms with Crippen LogP contribution in [0.25, 0.3) is 0 Å². The molecule has 1 aromatic heterocycles. The number of nitrogens with one attached hydrogen (secondary N) is 1. The van der Waals surface area contributed by atoms with Crippen molar-refractivity contribution in [3.8, 4) is 0 Å². The average Bonchev–Trinajstić information content (AvgIpc) is 2.59. The number of hydrogen-bond donors (Lipinski definition) is 1. The molecule has 3 nitrogen and oxygen atoms in total. The van der Waals surface area contributed by atoms with E-state index in [1.807, 2.05) is 79.7 Å². The maximum Gasteiger partial charge on any atom is 0.236 e. The number of nitrogens with zero attached hydrogens (tertiary/aromatic N) is 1. The molecule has 2 aromatic carbocycles. The molecule has 1 heterocycles. The van der Waals surface area contributed by atoms with Gasteiger partial charge in [0.05, 0.1) is 17.8 Å². The maximum atomic E-state index is 12.9. The molecule has 114 valence electrons. The van der Waals surface area contributed by atoms with Crippen LogP contribution in [0.5, 0.6) is 0 Å². The molecule has 0 fully saturated rings. The summed E-state index contributed by atoms with van der Waals surface area (Å²) in [6.07, 6.45) is 1.68. The predicted molar refractivity (Wildman–Crippen MR) is 92.3 cm³/mol. The van der Waals surface area contributed by atoms with Gasteiger partial charge in [-0.3, -0.25) is 9.78 Å². The largest absolute Gasteiger partial charge is 0.324 e. The van der Waals surface area contributed by atoms with E-state index in [0.717, 1.165) is 16.8 Å². The average molecular weight is 302 g/mol. The van der Waals surface area contributed by atoms with Gasteiger partial charge in [-0.15, -0.1) is 0 Å². The number of hydrogen-bond acceptors (Lipinski definition) is 2. The molecule has 3 aromatic rings. The zero-order chi connectivity index (χ0) is 16.1. The van der Waals surface area contributed by atoms with E-state index in [4.69, 9.17) is 0 Å². The van der Waals surface area contributed by atoms with Crippen LogP contribution in [-0.2, 0) is 4.79 Å². The second kappa shape index (κ2) is 6.88. The lowest BCUT2D eigenvalue weighted by molar-refractivity contribution is -0.116. The van der Waals surface area contributed by atoms with Crippen LogP contribution in [0.3, 0.4) is 0 Å². The number of pyridine rings is 1. The number of benzene rings is 2. The Morgan fingerprint density at radius 3 is 1.91 bits per heavy atom. The van der Waals surface area contributed by atoms with Crippen LogP contribution in [0.15, 0.2) is 79.0 Å². The summed E-state index contributed by atoms with van der Waals surface area (Å²) < 4.78 is 0. The second-order valence-corrected chi connectivity index (χ2v) is 5.43. The molecule has 1 N–H and O–H groups in total. The monoisotopic (exact) mass is 302 g/mol. The summed E-state index contributed by atoms with van der Waals surface area (Å²) in [5.41, 5.74) is 3.57. The number of aromatic nitrogens is 1. The first-order chi connectivity index (χ1) is 11.2. The van der Waals surface area contributed by atoms with Crippen molar-refractivity contribution in [2.24, 2.45) is 0 Å². The highest BCUT2D eigenvalue weighted by molar-refractivity contribution is 5.98. The van der Waals surface area contributed by atoms with Gasteiger partial charge < -0.3 is 5.32 Å². The first-order valence-corrected chi connectivity index (χ1v) is 7.57. The minimum absolute atomic E-state index is 0.0620. The lowest BCUT2D eigenvalue weighted by Crippen LogP contribution is -2.22. The minimum atomic E-state index is -0.348. The first-order valence-electron chi connectivity index (χ1n) is 7.57. The number of carbonyl (C=O) groups is 1. The van der Waals surface area contributed by atoms with Crippen molar-refractivity contribution in [2.75, 3.05) is 5.32 Å². The molecular weight excluding hydrogens is 284 g/mol. The second-order valence-electron chi connectivity index (χ2n) is 5.43. The van der Waals surface area contributed by atoms with Gasteiger partial charge in [0.15, 0.2) is 0 Å². The third kappa shape index (κ3) is 3.64. The van der Waals surface area contributed by atoms with E-state index in [2.05, 4.69) is 10.3 Å². The molecule has 3 heteroatoms. The molecule has 0 unspecified atom stereocenters. The summed E-state index contributed by atoms with van der Waals surface area (Å²) in [5.74, 6) is -0.410. The lowest BCUT2D eigenvalue weighted by atomic mass is 9.90. The van der Waals surface area contributed by atoms with E-state index in [0.29, 0.717) is 5.69 Å². The van der Waals surface area contributed by atoms with E-state index < -0.39 is 0 Å². The standard InChI is InChI=1S/C20H18N2O/c1-15-12-13-18(14-21-15)22-20(23)19(16-8-4-2-5-9-16)17-10-6-3-7-11-17/h2-14,19H,1H3,(H,22,23). The van der Waals surface area contributed by atoms with E-state index in [9.17, 15) is 4.79 Å². The summed E-state index contributed by atoms with van der Waals surface area (Å²) in [4.78, 5) is 17.1. The molecule has 3 rings (SSSR count). The van der Waals surface area contributed by atoms with Crippen LogP contribution < -0.4 is 5.32 Å². The fourth-order valence-corrected chi connectivity index (χ4v) is 2.54. The molecule has 23 heavy (non-hydrogen) atoms. The molecule has 0 aliphatic heterocycles. The zero-order valence-corrected chi connectivity index (χ0v) is 12.9. The minimum Gasteiger partial charge on any atom is -0.324 e. The molecule has 0 aliphatic rings. The highest BCUT2D eigenvalue weighted by Crippen LogP contribution is 2.26. The molecule has 0 saturated heterocycles. The highest BCUT2D eigenvalue weighted by Gasteiger charge is 2.22. The number of aryl methyl sites for hydroxylation is 1. The summed E-state index contributed by atoms with van der Waals surface area (Å²) >= 11 is 0. The van der Waals surface area contributed by atoms with E-state index in [-0.39, 0.29) is 11.8 Å². The van der Waals surface area contributed by atoms with Gasteiger partial charge >= 0.3 is 0 Å². The third-order valence-electron chi connectivity index (χ3n) is 3.71. The topological polar surface area (TPSA) is 42.0 Å². The Morgan fingerprint density at radius 2 is 1.43 bits per heavy atom. The zero-order valence-electron chi connectivity index (χ0n) is 12.9. The number of amides is 1. The summed E-state index contributed by atoms with van der Waals surface area (Å²) in [6.45, 7) is 1.92. The SMILES string of the molecule is Cc1ccc(NC(=O)C(c2ccccc2)c2ccccc2)cn1. The molecule has 0 radical (unpaired) electrons. The number of rotatable bonds is 4. The Morgan fingerprint density at radius 1 is 0.870 bits per heavy atom. The Labute approximate surface area is 136 Å².